The van der Waals surface area contributed by atoms with Gasteiger partial charge in [0.05, 0.1) is 12.0 Å². The Kier molecular flexibility index (Phi) is 4.23. The predicted octanol–water partition coefficient (Wildman–Crippen LogP) is 0.209. The molecule has 0 aromatic heterocycles. The highest BCUT2D eigenvalue weighted by molar-refractivity contribution is 5.72. The monoisotopic (exact) mass is 156 g/mol. The molecular weight excluding hydrogens is 144 g/mol. The minimum Gasteiger partial charge on any atom is -0.480 e. The van der Waals surface area contributed by atoms with E-state index in [0.717, 1.165) is 0 Å². The molecule has 0 amide bonds. The van der Waals surface area contributed by atoms with Crippen LogP contribution in [0.5, 0.6) is 0 Å². The molecule has 0 aliphatic heterocycles. The lowest BCUT2D eigenvalue weighted by atomic mass is 10.2. The Morgan fingerprint density at radius 3 is 2.64 bits per heavy atom. The van der Waals surface area contributed by atoms with Gasteiger partial charge in [0.1, 0.15) is 6.04 Å². The quantitative estimate of drug-likeness (QED) is 0.610. The van der Waals surface area contributed by atoms with Crippen molar-refractivity contribution in [1.82, 2.24) is 5.32 Å². The van der Waals surface area contributed by atoms with Crippen LogP contribution in [0.15, 0.2) is 0 Å². The zero-order valence-electron chi connectivity index (χ0n) is 6.66. The summed E-state index contributed by atoms with van der Waals surface area (Å²) in [6, 6.07) is 1.43. The zero-order chi connectivity index (χ0) is 8.85. The molecule has 0 radical (unpaired) electrons. The molecule has 62 valence electrons. The summed E-state index contributed by atoms with van der Waals surface area (Å²) in [5.41, 5.74) is 0. The van der Waals surface area contributed by atoms with E-state index in [1.54, 1.807) is 13.8 Å². The highest BCUT2D eigenvalue weighted by atomic mass is 16.4. The van der Waals surface area contributed by atoms with Gasteiger partial charge in [-0.25, -0.2) is 0 Å². The van der Waals surface area contributed by atoms with Crippen molar-refractivity contribution in [3.05, 3.63) is 0 Å². The van der Waals surface area contributed by atoms with Crippen LogP contribution in [0.4, 0.5) is 0 Å². The fourth-order valence-corrected chi connectivity index (χ4v) is 0.487. The number of aliphatic carboxylic acids is 1. The van der Waals surface area contributed by atoms with E-state index in [1.165, 1.54) is 0 Å². The Morgan fingerprint density at radius 2 is 2.27 bits per heavy atom. The van der Waals surface area contributed by atoms with Crippen LogP contribution in [-0.2, 0) is 4.79 Å². The van der Waals surface area contributed by atoms with Crippen LogP contribution in [0, 0.1) is 17.2 Å². The van der Waals surface area contributed by atoms with Crippen LogP contribution in [0.2, 0.25) is 0 Å². The van der Waals surface area contributed by atoms with Crippen molar-refractivity contribution in [2.24, 2.45) is 5.92 Å². The molecule has 0 fully saturated rings. The first kappa shape index (κ1) is 9.92. The first-order valence-electron chi connectivity index (χ1n) is 3.43. The fourth-order valence-electron chi connectivity index (χ4n) is 0.487. The van der Waals surface area contributed by atoms with Gasteiger partial charge in [0.25, 0.3) is 0 Å². The maximum absolute atomic E-state index is 10.3. The van der Waals surface area contributed by atoms with Gasteiger partial charge in [-0.3, -0.25) is 4.79 Å². The number of carbonyl (C=O) groups is 1. The molecule has 0 saturated heterocycles. The molecule has 0 saturated carbocycles. The highest BCUT2D eigenvalue weighted by Crippen LogP contribution is 1.89. The molecule has 2 unspecified atom stereocenters. The van der Waals surface area contributed by atoms with Crippen molar-refractivity contribution in [2.75, 3.05) is 6.54 Å². The summed E-state index contributed by atoms with van der Waals surface area (Å²) in [6.45, 7) is 3.71. The minimum absolute atomic E-state index is 0.142. The van der Waals surface area contributed by atoms with Crippen molar-refractivity contribution in [3.8, 4) is 6.07 Å². The molecule has 0 rings (SSSR count). The van der Waals surface area contributed by atoms with Gasteiger partial charge in [-0.2, -0.15) is 5.26 Å². The lowest BCUT2D eigenvalue weighted by Gasteiger charge is -2.08. The van der Waals surface area contributed by atoms with Gasteiger partial charge >= 0.3 is 5.97 Å². The Morgan fingerprint density at radius 1 is 1.73 bits per heavy atom. The second kappa shape index (κ2) is 4.69. The number of nitrogens with one attached hydrogen (secondary N) is 1. The third-order valence-electron chi connectivity index (χ3n) is 1.32. The van der Waals surface area contributed by atoms with Crippen LogP contribution in [0.3, 0.4) is 0 Å². The molecule has 0 aliphatic carbocycles. The summed E-state index contributed by atoms with van der Waals surface area (Å²) in [5, 5.41) is 19.5. The topological polar surface area (TPSA) is 73.1 Å². The molecule has 11 heavy (non-hydrogen) atoms. The standard InChI is InChI=1S/C7H12N2O2/c1-5(3-8)4-9-6(2)7(10)11/h5-6,9H,4H2,1-2H3,(H,10,11). The van der Waals surface area contributed by atoms with Crippen molar-refractivity contribution in [1.29, 1.82) is 5.26 Å². The van der Waals surface area contributed by atoms with E-state index < -0.39 is 12.0 Å². The van der Waals surface area contributed by atoms with E-state index >= 15 is 0 Å². The molecule has 0 aromatic rings. The fraction of sp³-hybridized carbons (Fsp3) is 0.714. The van der Waals surface area contributed by atoms with Gasteiger partial charge in [-0.05, 0) is 13.8 Å². The largest absolute Gasteiger partial charge is 0.480 e. The molecule has 2 N–H and O–H groups in total. The minimum atomic E-state index is -0.893. The van der Waals surface area contributed by atoms with Crippen LogP contribution in [-0.4, -0.2) is 23.7 Å². The molecule has 4 nitrogen and oxygen atoms in total. The number of nitrogens with zero attached hydrogens (tertiary/aromatic N) is 1. The number of hydrogen-bond acceptors (Lipinski definition) is 3. The lowest BCUT2D eigenvalue weighted by molar-refractivity contribution is -0.139. The molecule has 0 bridgehead atoms. The highest BCUT2D eigenvalue weighted by Gasteiger charge is 2.10. The summed E-state index contributed by atoms with van der Waals surface area (Å²) >= 11 is 0. The van der Waals surface area contributed by atoms with Crippen molar-refractivity contribution < 1.29 is 9.90 Å². The predicted molar refractivity (Wildman–Crippen MR) is 39.9 cm³/mol. The van der Waals surface area contributed by atoms with E-state index in [4.69, 9.17) is 10.4 Å². The SMILES string of the molecule is CC(C#N)CNC(C)C(=O)O. The number of nitriles is 1. The lowest BCUT2D eigenvalue weighted by Crippen LogP contribution is -2.36. The first-order chi connectivity index (χ1) is 5.07. The molecule has 4 heteroatoms. The van der Waals surface area contributed by atoms with Gasteiger partial charge < -0.3 is 10.4 Å². The number of carboxylic acids is 1. The van der Waals surface area contributed by atoms with Gasteiger partial charge in [-0.15, -0.1) is 0 Å². The zero-order valence-corrected chi connectivity index (χ0v) is 6.66. The van der Waals surface area contributed by atoms with Crippen molar-refractivity contribution in [2.45, 2.75) is 19.9 Å². The van der Waals surface area contributed by atoms with Gasteiger partial charge in [-0.1, -0.05) is 0 Å². The Hall–Kier alpha value is -1.08. The van der Waals surface area contributed by atoms with Gasteiger partial charge in [0.2, 0.25) is 0 Å². The second-order valence-corrected chi connectivity index (χ2v) is 2.50. The van der Waals surface area contributed by atoms with Gasteiger partial charge in [0, 0.05) is 6.54 Å². The summed E-state index contributed by atoms with van der Waals surface area (Å²) in [5.74, 6) is -1.04. The third kappa shape index (κ3) is 4.34. The second-order valence-electron chi connectivity index (χ2n) is 2.50. The first-order valence-corrected chi connectivity index (χ1v) is 3.43. The molecule has 2 atom stereocenters. The number of hydrogen-bond donors (Lipinski definition) is 2. The van der Waals surface area contributed by atoms with E-state index in [-0.39, 0.29) is 5.92 Å². The Balaban J connectivity index is 3.55. The average molecular weight is 156 g/mol. The smallest absolute Gasteiger partial charge is 0.320 e. The van der Waals surface area contributed by atoms with Crippen molar-refractivity contribution in [3.63, 3.8) is 0 Å². The van der Waals surface area contributed by atoms with Gasteiger partial charge in [0.15, 0.2) is 0 Å². The maximum Gasteiger partial charge on any atom is 0.320 e. The van der Waals surface area contributed by atoms with E-state index in [9.17, 15) is 4.79 Å². The summed E-state index contributed by atoms with van der Waals surface area (Å²) < 4.78 is 0. The number of carboxylic acid groups (broad SMARTS) is 1. The molecule has 0 heterocycles. The molecular formula is C7H12N2O2. The van der Waals surface area contributed by atoms with Crippen LogP contribution in [0.1, 0.15) is 13.8 Å². The van der Waals surface area contributed by atoms with E-state index in [1.807, 2.05) is 6.07 Å². The molecule has 0 aliphatic rings. The Bertz CT molecular complexity index is 174. The van der Waals surface area contributed by atoms with E-state index in [2.05, 4.69) is 5.32 Å². The van der Waals surface area contributed by atoms with Crippen LogP contribution < -0.4 is 5.32 Å². The van der Waals surface area contributed by atoms with Crippen molar-refractivity contribution >= 4 is 5.97 Å². The van der Waals surface area contributed by atoms with Crippen LogP contribution >= 0.6 is 0 Å². The molecule has 0 aromatic carbocycles. The van der Waals surface area contributed by atoms with Crippen LogP contribution in [0.25, 0.3) is 0 Å². The summed E-state index contributed by atoms with van der Waals surface area (Å²) in [7, 11) is 0. The molecule has 0 spiro atoms. The summed E-state index contributed by atoms with van der Waals surface area (Å²) in [4.78, 5) is 10.3. The average Bonchev–Trinajstić information content (AvgIpc) is 1.99. The Labute approximate surface area is 65.8 Å². The van der Waals surface area contributed by atoms with E-state index in [0.29, 0.717) is 6.54 Å². The number of rotatable bonds is 4. The normalized spacial score (nSPS) is 15.0. The summed E-state index contributed by atoms with van der Waals surface area (Å²) in [6.07, 6.45) is 0. The third-order valence-corrected chi connectivity index (χ3v) is 1.32. The maximum atomic E-state index is 10.3.